The lowest BCUT2D eigenvalue weighted by Crippen LogP contribution is -2.48. The molecule has 3 aromatic rings. The summed E-state index contributed by atoms with van der Waals surface area (Å²) in [7, 11) is 0. The summed E-state index contributed by atoms with van der Waals surface area (Å²) in [4.78, 5) is 55.6. The van der Waals surface area contributed by atoms with Crippen LogP contribution in [0.4, 0.5) is 4.79 Å². The Bertz CT molecular complexity index is 1360. The summed E-state index contributed by atoms with van der Waals surface area (Å²) in [5.41, 5.74) is 1.84. The highest BCUT2D eigenvalue weighted by molar-refractivity contribution is 7.99. The molecule has 1 aromatic heterocycles. The Labute approximate surface area is 204 Å². The van der Waals surface area contributed by atoms with Gasteiger partial charge in [-0.05, 0) is 44.5 Å². The van der Waals surface area contributed by atoms with Gasteiger partial charge in [-0.25, -0.2) is 9.78 Å². The first kappa shape index (κ1) is 23.8. The van der Waals surface area contributed by atoms with Gasteiger partial charge < -0.3 is 5.32 Å². The number of halogens is 1. The molecular formula is C23H22ClN5O4S. The van der Waals surface area contributed by atoms with E-state index in [-0.39, 0.29) is 17.4 Å². The molecule has 1 fully saturated rings. The molecule has 0 saturated carbocycles. The minimum Gasteiger partial charge on any atom is -0.318 e. The van der Waals surface area contributed by atoms with Crippen molar-refractivity contribution in [2.45, 2.75) is 37.5 Å². The number of hydrogen-bond acceptors (Lipinski definition) is 6. The third-order valence-corrected chi connectivity index (χ3v) is 6.65. The van der Waals surface area contributed by atoms with Gasteiger partial charge in [-0.1, -0.05) is 53.7 Å². The molecule has 0 aliphatic carbocycles. The topological polar surface area (TPSA) is 113 Å². The first-order valence-electron chi connectivity index (χ1n) is 10.5. The molecule has 1 saturated heterocycles. The lowest BCUT2D eigenvalue weighted by atomic mass is 9.92. The van der Waals surface area contributed by atoms with Crippen LogP contribution in [0, 0.1) is 0 Å². The largest absolute Gasteiger partial charge is 0.344 e. The monoisotopic (exact) mass is 499 g/mol. The van der Waals surface area contributed by atoms with Crippen molar-refractivity contribution < 1.29 is 14.4 Å². The minimum atomic E-state index is -1.30. The van der Waals surface area contributed by atoms with Crippen LogP contribution in [0.1, 0.15) is 32.4 Å². The summed E-state index contributed by atoms with van der Waals surface area (Å²) in [6.07, 6.45) is 0. The summed E-state index contributed by atoms with van der Waals surface area (Å²) in [6, 6.07) is 12.7. The van der Waals surface area contributed by atoms with Crippen LogP contribution in [0.25, 0.3) is 10.9 Å². The fraction of sp³-hybridized carbons (Fsp3) is 0.261. The van der Waals surface area contributed by atoms with Crippen molar-refractivity contribution in [3.63, 3.8) is 0 Å². The molecule has 2 N–H and O–H groups in total. The van der Waals surface area contributed by atoms with Crippen LogP contribution in [-0.2, 0) is 15.1 Å². The third kappa shape index (κ3) is 4.26. The maximum atomic E-state index is 13.0. The molecule has 0 bridgehead atoms. The van der Waals surface area contributed by atoms with Gasteiger partial charge in [0.2, 0.25) is 5.91 Å². The molecule has 1 aliphatic heterocycles. The Hall–Kier alpha value is -3.37. The number of carbonyl (C=O) groups is 3. The number of aromatic nitrogens is 2. The number of nitrogens with one attached hydrogen (secondary N) is 2. The van der Waals surface area contributed by atoms with Crippen LogP contribution in [0.2, 0.25) is 5.02 Å². The Morgan fingerprint density at radius 1 is 1.18 bits per heavy atom. The quantitative estimate of drug-likeness (QED) is 0.306. The van der Waals surface area contributed by atoms with Crippen LogP contribution in [0.5, 0.6) is 0 Å². The number of hydrazine groups is 1. The van der Waals surface area contributed by atoms with E-state index >= 15 is 0 Å². The average molecular weight is 500 g/mol. The molecule has 2 aromatic carbocycles. The molecule has 1 unspecified atom stereocenters. The van der Waals surface area contributed by atoms with E-state index in [1.54, 1.807) is 55.5 Å². The van der Waals surface area contributed by atoms with E-state index in [0.29, 0.717) is 31.7 Å². The van der Waals surface area contributed by atoms with Gasteiger partial charge in [-0.2, -0.15) is 5.01 Å². The number of hydrogen-bond donors (Lipinski definition) is 2. The maximum absolute atomic E-state index is 13.0. The van der Waals surface area contributed by atoms with Crippen molar-refractivity contribution in [2.24, 2.45) is 0 Å². The number of urea groups is 1. The Kier molecular flexibility index (Phi) is 6.37. The summed E-state index contributed by atoms with van der Waals surface area (Å²) < 4.78 is 1.49. The predicted molar refractivity (Wildman–Crippen MR) is 129 cm³/mol. The van der Waals surface area contributed by atoms with Gasteiger partial charge in [-0.3, -0.25) is 24.4 Å². The molecule has 176 valence electrons. The molecule has 34 heavy (non-hydrogen) atoms. The van der Waals surface area contributed by atoms with Crippen molar-refractivity contribution in [1.29, 1.82) is 0 Å². The molecule has 0 radical (unpaired) electrons. The van der Waals surface area contributed by atoms with Gasteiger partial charge in [0.05, 0.1) is 16.7 Å². The van der Waals surface area contributed by atoms with Crippen LogP contribution in [-0.4, -0.2) is 38.2 Å². The molecular weight excluding hydrogens is 478 g/mol. The van der Waals surface area contributed by atoms with Crippen molar-refractivity contribution in [1.82, 2.24) is 25.3 Å². The van der Waals surface area contributed by atoms with Gasteiger partial charge in [0, 0.05) is 11.1 Å². The smallest absolute Gasteiger partial charge is 0.318 e. The van der Waals surface area contributed by atoms with Gasteiger partial charge in [-0.15, -0.1) is 0 Å². The van der Waals surface area contributed by atoms with Crippen molar-refractivity contribution in [3.8, 4) is 0 Å². The van der Waals surface area contributed by atoms with E-state index in [0.717, 1.165) is 11.8 Å². The third-order valence-electron chi connectivity index (χ3n) is 5.46. The number of imide groups is 1. The fourth-order valence-corrected chi connectivity index (χ4v) is 4.79. The molecule has 4 rings (SSSR count). The predicted octanol–water partition coefficient (Wildman–Crippen LogP) is 3.22. The van der Waals surface area contributed by atoms with Crippen LogP contribution in [0.3, 0.4) is 0 Å². The van der Waals surface area contributed by atoms with E-state index in [2.05, 4.69) is 15.7 Å². The second-order valence-electron chi connectivity index (χ2n) is 8.21. The zero-order valence-corrected chi connectivity index (χ0v) is 20.2. The van der Waals surface area contributed by atoms with Crippen molar-refractivity contribution >= 4 is 52.1 Å². The van der Waals surface area contributed by atoms with Crippen LogP contribution >= 0.6 is 23.4 Å². The highest BCUT2D eigenvalue weighted by atomic mass is 35.5. The first-order chi connectivity index (χ1) is 16.1. The lowest BCUT2D eigenvalue weighted by Gasteiger charge is -2.22. The fourth-order valence-electron chi connectivity index (χ4n) is 3.70. The van der Waals surface area contributed by atoms with E-state index in [1.807, 2.05) is 13.8 Å². The van der Waals surface area contributed by atoms with Gasteiger partial charge in [0.1, 0.15) is 5.54 Å². The molecule has 2 heterocycles. The zero-order valence-electron chi connectivity index (χ0n) is 18.7. The Morgan fingerprint density at radius 2 is 1.88 bits per heavy atom. The summed E-state index contributed by atoms with van der Waals surface area (Å²) in [5, 5.41) is 4.50. The molecule has 0 spiro atoms. The number of amides is 4. The number of nitrogens with zero attached hydrogens (tertiary/aromatic N) is 3. The van der Waals surface area contributed by atoms with Gasteiger partial charge in [0.25, 0.3) is 11.5 Å². The number of carbonyl (C=O) groups excluding carboxylic acids is 3. The number of thioether (sulfide) groups is 1. The molecule has 1 aliphatic rings. The highest BCUT2D eigenvalue weighted by Crippen LogP contribution is 2.28. The summed E-state index contributed by atoms with van der Waals surface area (Å²) in [5.74, 6) is -1.37. The molecule has 11 heteroatoms. The summed E-state index contributed by atoms with van der Waals surface area (Å²) >= 11 is 7.08. The minimum absolute atomic E-state index is 0.176. The number of benzene rings is 2. The first-order valence-corrected chi connectivity index (χ1v) is 11.8. The number of rotatable bonds is 6. The van der Waals surface area contributed by atoms with Crippen LogP contribution < -0.4 is 16.3 Å². The standard InChI is InChI=1S/C23H22ClN5O4S/c1-13(2)28-19(31)16-10-9-15(24)11-17(16)25-22(28)34-12-18(30)27-29-20(32)23(3,26-21(29)33)14-7-5-4-6-8-14/h4-11,13H,12H2,1-3H3,(H,26,33)(H,27,30). The lowest BCUT2D eigenvalue weighted by molar-refractivity contribution is -0.138. The van der Waals surface area contributed by atoms with E-state index in [1.165, 1.54) is 4.57 Å². The zero-order chi connectivity index (χ0) is 24.6. The molecule has 1 atom stereocenters. The second kappa shape index (κ2) is 9.11. The summed E-state index contributed by atoms with van der Waals surface area (Å²) in [6.45, 7) is 5.26. The maximum Gasteiger partial charge on any atom is 0.344 e. The van der Waals surface area contributed by atoms with Gasteiger partial charge >= 0.3 is 6.03 Å². The van der Waals surface area contributed by atoms with E-state index in [4.69, 9.17) is 11.6 Å². The SMILES string of the molecule is CC(C)n1c(SCC(=O)NN2C(=O)NC(C)(c3ccccc3)C2=O)nc2cc(Cl)ccc2c1=O. The van der Waals surface area contributed by atoms with E-state index < -0.39 is 23.4 Å². The molecule has 4 amide bonds. The molecule has 9 nitrogen and oxygen atoms in total. The highest BCUT2D eigenvalue weighted by Gasteiger charge is 2.49. The number of fused-ring (bicyclic) bond motifs is 1. The van der Waals surface area contributed by atoms with Gasteiger partial charge in [0.15, 0.2) is 5.16 Å². The van der Waals surface area contributed by atoms with Crippen molar-refractivity contribution in [2.75, 3.05) is 5.75 Å². The normalized spacial score (nSPS) is 18.0. The van der Waals surface area contributed by atoms with Crippen LogP contribution in [0.15, 0.2) is 58.5 Å². The Morgan fingerprint density at radius 3 is 2.56 bits per heavy atom. The second-order valence-corrected chi connectivity index (χ2v) is 9.59. The average Bonchev–Trinajstić information content (AvgIpc) is 3.01. The Balaban J connectivity index is 1.52. The van der Waals surface area contributed by atoms with E-state index in [9.17, 15) is 19.2 Å². The van der Waals surface area contributed by atoms with Crippen molar-refractivity contribution in [3.05, 3.63) is 69.5 Å².